The van der Waals surface area contributed by atoms with E-state index in [-0.39, 0.29) is 17.3 Å². The minimum Gasteiger partial charge on any atom is -0.495 e. The van der Waals surface area contributed by atoms with Gasteiger partial charge in [0.1, 0.15) is 10.6 Å². The fourth-order valence-corrected chi connectivity index (χ4v) is 3.37. The molecule has 0 saturated carbocycles. The number of methoxy groups -OCH3 is 1. The highest BCUT2D eigenvalue weighted by molar-refractivity contribution is 7.89. The van der Waals surface area contributed by atoms with Crippen LogP contribution in [0.5, 0.6) is 5.75 Å². The molecule has 5 nitrogen and oxygen atoms in total. The Hall–Kier alpha value is -0.820. The van der Waals surface area contributed by atoms with E-state index in [1.807, 2.05) is 0 Å². The predicted molar refractivity (Wildman–Crippen MR) is 74.1 cm³/mol. The lowest BCUT2D eigenvalue weighted by molar-refractivity contribution is 0.245. The average molecular weight is 308 g/mol. The Morgan fingerprint density at radius 2 is 2.05 bits per heavy atom. The molecule has 0 aliphatic heterocycles. The Bertz CT molecular complexity index is 543. The van der Waals surface area contributed by atoms with Crippen LogP contribution in [0.15, 0.2) is 23.1 Å². The highest BCUT2D eigenvalue weighted by Gasteiger charge is 2.28. The minimum absolute atomic E-state index is 0.0189. The molecule has 0 bridgehead atoms. The van der Waals surface area contributed by atoms with Crippen LogP contribution >= 0.6 is 11.6 Å². The van der Waals surface area contributed by atoms with Gasteiger partial charge in [0.05, 0.1) is 7.11 Å². The zero-order chi connectivity index (χ0) is 14.7. The standard InChI is InChI=1S/C12H18ClNO4S/c1-12(2,6-7-15)14-19(16,17)11-5-4-9(13)8-10(11)18-3/h4-5,8,14-15H,6-7H2,1-3H3. The van der Waals surface area contributed by atoms with Crippen LogP contribution in [0.2, 0.25) is 5.02 Å². The molecule has 1 rings (SSSR count). The van der Waals surface area contributed by atoms with Crippen LogP contribution < -0.4 is 9.46 Å². The third-order valence-corrected chi connectivity index (χ3v) is 4.54. The number of hydrogen-bond donors (Lipinski definition) is 2. The van der Waals surface area contributed by atoms with Crippen molar-refractivity contribution < 1.29 is 18.3 Å². The predicted octanol–water partition coefficient (Wildman–Crippen LogP) is 1.79. The van der Waals surface area contributed by atoms with E-state index < -0.39 is 15.6 Å². The van der Waals surface area contributed by atoms with Crippen molar-refractivity contribution in [2.45, 2.75) is 30.7 Å². The van der Waals surface area contributed by atoms with Crippen molar-refractivity contribution >= 4 is 21.6 Å². The molecule has 0 spiro atoms. The van der Waals surface area contributed by atoms with Gasteiger partial charge in [-0.3, -0.25) is 0 Å². The third kappa shape index (κ3) is 4.35. The minimum atomic E-state index is -3.74. The molecule has 0 unspecified atom stereocenters. The number of aliphatic hydroxyl groups excluding tert-OH is 1. The van der Waals surface area contributed by atoms with Crippen LogP contribution in [0.3, 0.4) is 0 Å². The second kappa shape index (κ2) is 6.09. The SMILES string of the molecule is COc1cc(Cl)ccc1S(=O)(=O)NC(C)(C)CCO. The second-order valence-corrected chi connectivity index (χ2v) is 6.85. The fourth-order valence-electron chi connectivity index (χ4n) is 1.61. The van der Waals surface area contributed by atoms with Gasteiger partial charge in [-0.1, -0.05) is 11.6 Å². The zero-order valence-electron chi connectivity index (χ0n) is 11.1. The van der Waals surface area contributed by atoms with Gasteiger partial charge < -0.3 is 9.84 Å². The first-order chi connectivity index (χ1) is 8.72. The largest absolute Gasteiger partial charge is 0.495 e. The lowest BCUT2D eigenvalue weighted by atomic mass is 10.0. The first kappa shape index (κ1) is 16.2. The quantitative estimate of drug-likeness (QED) is 0.840. The molecular formula is C12H18ClNO4S. The number of nitrogens with one attached hydrogen (secondary N) is 1. The summed E-state index contributed by atoms with van der Waals surface area (Å²) in [5, 5.41) is 9.32. The Morgan fingerprint density at radius 3 is 2.58 bits per heavy atom. The molecule has 19 heavy (non-hydrogen) atoms. The lowest BCUT2D eigenvalue weighted by Gasteiger charge is -2.25. The van der Waals surface area contributed by atoms with Crippen molar-refractivity contribution in [2.24, 2.45) is 0 Å². The second-order valence-electron chi connectivity index (χ2n) is 4.76. The summed E-state index contributed by atoms with van der Waals surface area (Å²) in [6.45, 7) is 3.29. The normalized spacial score (nSPS) is 12.5. The van der Waals surface area contributed by atoms with Crippen molar-refractivity contribution in [3.05, 3.63) is 23.2 Å². The average Bonchev–Trinajstić information content (AvgIpc) is 2.26. The molecule has 0 amide bonds. The van der Waals surface area contributed by atoms with Crippen molar-refractivity contribution in [2.75, 3.05) is 13.7 Å². The van der Waals surface area contributed by atoms with E-state index in [0.717, 1.165) is 0 Å². The van der Waals surface area contributed by atoms with E-state index in [9.17, 15) is 8.42 Å². The van der Waals surface area contributed by atoms with Crippen molar-refractivity contribution in [3.63, 3.8) is 0 Å². The van der Waals surface area contributed by atoms with Crippen molar-refractivity contribution in [1.29, 1.82) is 0 Å². The molecule has 0 fully saturated rings. The van der Waals surface area contributed by atoms with Crippen LogP contribution in [-0.2, 0) is 10.0 Å². The maximum absolute atomic E-state index is 12.3. The maximum atomic E-state index is 12.3. The number of benzene rings is 1. The summed E-state index contributed by atoms with van der Waals surface area (Å²) in [6, 6.07) is 4.31. The molecule has 0 heterocycles. The molecule has 1 aromatic rings. The molecule has 7 heteroatoms. The van der Waals surface area contributed by atoms with Crippen LogP contribution in [0.1, 0.15) is 20.3 Å². The Balaban J connectivity index is 3.14. The fraction of sp³-hybridized carbons (Fsp3) is 0.500. The zero-order valence-corrected chi connectivity index (χ0v) is 12.7. The van der Waals surface area contributed by atoms with Gasteiger partial charge in [-0.15, -0.1) is 0 Å². The molecule has 0 aromatic heterocycles. The van der Waals surface area contributed by atoms with Crippen LogP contribution in [0.25, 0.3) is 0 Å². The maximum Gasteiger partial charge on any atom is 0.244 e. The van der Waals surface area contributed by atoms with Gasteiger partial charge in [-0.05, 0) is 32.4 Å². The van der Waals surface area contributed by atoms with Crippen molar-refractivity contribution in [1.82, 2.24) is 4.72 Å². The molecular weight excluding hydrogens is 290 g/mol. The number of halogens is 1. The first-order valence-corrected chi connectivity index (χ1v) is 7.56. The molecule has 0 aliphatic carbocycles. The van der Waals surface area contributed by atoms with Gasteiger partial charge in [0.2, 0.25) is 10.0 Å². The monoisotopic (exact) mass is 307 g/mol. The van der Waals surface area contributed by atoms with Crippen LogP contribution in [-0.4, -0.2) is 32.8 Å². The van der Waals surface area contributed by atoms with E-state index in [4.69, 9.17) is 21.4 Å². The summed E-state index contributed by atoms with van der Waals surface area (Å²) >= 11 is 5.80. The Kier molecular flexibility index (Phi) is 5.20. The van der Waals surface area contributed by atoms with E-state index in [1.54, 1.807) is 13.8 Å². The summed E-state index contributed by atoms with van der Waals surface area (Å²) < 4.78 is 32.2. The summed E-state index contributed by atoms with van der Waals surface area (Å²) in [5.41, 5.74) is -0.752. The van der Waals surface area contributed by atoms with Gasteiger partial charge in [0, 0.05) is 23.2 Å². The van der Waals surface area contributed by atoms with Gasteiger partial charge in [0.15, 0.2) is 0 Å². The van der Waals surface area contributed by atoms with Crippen molar-refractivity contribution in [3.8, 4) is 5.75 Å². The van der Waals surface area contributed by atoms with Crippen LogP contribution in [0.4, 0.5) is 0 Å². The van der Waals surface area contributed by atoms with Crippen LogP contribution in [0, 0.1) is 0 Å². The number of hydrogen-bond acceptors (Lipinski definition) is 4. The van der Waals surface area contributed by atoms with Gasteiger partial charge in [-0.25, -0.2) is 13.1 Å². The lowest BCUT2D eigenvalue weighted by Crippen LogP contribution is -2.43. The topological polar surface area (TPSA) is 75.6 Å². The number of aliphatic hydroxyl groups is 1. The van der Waals surface area contributed by atoms with Gasteiger partial charge in [-0.2, -0.15) is 0 Å². The van der Waals surface area contributed by atoms with E-state index in [1.165, 1.54) is 25.3 Å². The molecule has 1 aromatic carbocycles. The highest BCUT2D eigenvalue weighted by atomic mass is 35.5. The molecule has 108 valence electrons. The third-order valence-electron chi connectivity index (χ3n) is 2.56. The molecule has 0 aliphatic rings. The Morgan fingerprint density at radius 1 is 1.42 bits per heavy atom. The molecule has 0 saturated heterocycles. The smallest absolute Gasteiger partial charge is 0.244 e. The summed E-state index contributed by atoms with van der Waals surface area (Å²) in [4.78, 5) is 0.0189. The van der Waals surface area contributed by atoms with E-state index in [2.05, 4.69) is 4.72 Å². The van der Waals surface area contributed by atoms with Gasteiger partial charge in [0.25, 0.3) is 0 Å². The molecule has 0 radical (unpaired) electrons. The number of sulfonamides is 1. The first-order valence-electron chi connectivity index (χ1n) is 5.70. The molecule has 0 atom stereocenters. The Labute approximate surface area is 118 Å². The van der Waals surface area contributed by atoms with Gasteiger partial charge >= 0.3 is 0 Å². The number of rotatable bonds is 6. The van der Waals surface area contributed by atoms with E-state index in [0.29, 0.717) is 11.4 Å². The number of ether oxygens (including phenoxy) is 1. The van der Waals surface area contributed by atoms with E-state index >= 15 is 0 Å². The summed E-state index contributed by atoms with van der Waals surface area (Å²) in [5.74, 6) is 0.180. The summed E-state index contributed by atoms with van der Waals surface area (Å²) in [7, 11) is -2.37. The molecule has 2 N–H and O–H groups in total. The highest BCUT2D eigenvalue weighted by Crippen LogP contribution is 2.28. The summed E-state index contributed by atoms with van der Waals surface area (Å²) in [6.07, 6.45) is 0.308.